The number of anilines is 1. The van der Waals surface area contributed by atoms with Gasteiger partial charge in [0.15, 0.2) is 0 Å². The van der Waals surface area contributed by atoms with E-state index in [9.17, 15) is 13.5 Å². The molecule has 0 amide bonds. The summed E-state index contributed by atoms with van der Waals surface area (Å²) in [4.78, 5) is 0.0710. The van der Waals surface area contributed by atoms with Crippen molar-refractivity contribution < 1.29 is 13.5 Å². The van der Waals surface area contributed by atoms with Crippen molar-refractivity contribution in [1.29, 1.82) is 0 Å². The monoisotopic (exact) mass is 352 g/mol. The van der Waals surface area contributed by atoms with E-state index in [1.54, 1.807) is 26.0 Å². The number of rotatable bonds is 3. The van der Waals surface area contributed by atoms with Gasteiger partial charge in [0.05, 0.1) is 4.90 Å². The maximum atomic E-state index is 12.2. The van der Waals surface area contributed by atoms with Crippen molar-refractivity contribution in [3.05, 3.63) is 52.5 Å². The summed E-state index contributed by atoms with van der Waals surface area (Å²) in [6.45, 7) is 5.13. The first-order chi connectivity index (χ1) is 10.7. The third-order valence-corrected chi connectivity index (χ3v) is 4.86. The van der Waals surface area contributed by atoms with E-state index >= 15 is 0 Å². The maximum absolute atomic E-state index is 12.2. The zero-order valence-corrected chi connectivity index (χ0v) is 14.5. The average molecular weight is 353 g/mol. The normalized spacial score (nSPS) is 12.3. The van der Waals surface area contributed by atoms with Crippen molar-refractivity contribution in [2.75, 3.05) is 5.32 Å². The molecule has 122 valence electrons. The molecule has 0 bridgehead atoms. The molecular weight excluding hydrogens is 336 g/mol. The molecule has 2 N–H and O–H groups in total. The van der Waals surface area contributed by atoms with Gasteiger partial charge < -0.3 is 10.4 Å². The summed E-state index contributed by atoms with van der Waals surface area (Å²) in [7, 11) is -3.81. The highest BCUT2D eigenvalue weighted by Crippen LogP contribution is 2.25. The Labute approximate surface area is 140 Å². The molecule has 0 aromatic heterocycles. The first-order valence-electron chi connectivity index (χ1n) is 6.83. The number of halogens is 1. The Bertz CT molecular complexity index is 860. The van der Waals surface area contributed by atoms with Gasteiger partial charge in [0.25, 0.3) is 10.0 Å². The second-order valence-electron chi connectivity index (χ2n) is 5.18. The molecule has 0 heterocycles. The molecule has 0 atom stereocenters. The fourth-order valence-electron chi connectivity index (χ4n) is 1.99. The fourth-order valence-corrected chi connectivity index (χ4v) is 3.11. The first kappa shape index (κ1) is 17.3. The van der Waals surface area contributed by atoms with Crippen molar-refractivity contribution in [3.8, 4) is 5.75 Å². The van der Waals surface area contributed by atoms with Gasteiger partial charge in [-0.2, -0.15) is 8.42 Å². The SMILES string of the molecule is CC(=NS(=O)(=O)c1ccc(Cl)cc1)Nc1cc(C)c(O)cc1C. The van der Waals surface area contributed by atoms with Crippen LogP contribution < -0.4 is 5.32 Å². The number of nitrogens with zero attached hydrogens (tertiary/aromatic N) is 1. The van der Waals surface area contributed by atoms with Crippen molar-refractivity contribution >= 4 is 33.1 Å². The van der Waals surface area contributed by atoms with Crippen LogP contribution in [-0.2, 0) is 10.0 Å². The number of phenolic OH excluding ortho intramolecular Hbond substituents is 1. The molecule has 2 rings (SSSR count). The lowest BCUT2D eigenvalue weighted by Gasteiger charge is -2.11. The van der Waals surface area contributed by atoms with Gasteiger partial charge in [0.2, 0.25) is 0 Å². The van der Waals surface area contributed by atoms with E-state index in [4.69, 9.17) is 11.6 Å². The summed E-state index contributed by atoms with van der Waals surface area (Å²) in [5.41, 5.74) is 2.16. The molecule has 0 aliphatic carbocycles. The quantitative estimate of drug-likeness (QED) is 0.499. The molecule has 0 unspecified atom stereocenters. The van der Waals surface area contributed by atoms with Crippen LogP contribution in [0.2, 0.25) is 5.02 Å². The lowest BCUT2D eigenvalue weighted by molar-refractivity contribution is 0.471. The topological polar surface area (TPSA) is 78.8 Å². The van der Waals surface area contributed by atoms with Gasteiger partial charge in [0.1, 0.15) is 11.6 Å². The number of amidine groups is 1. The van der Waals surface area contributed by atoms with Crippen LogP contribution in [0.15, 0.2) is 45.7 Å². The molecule has 0 aliphatic heterocycles. The summed E-state index contributed by atoms with van der Waals surface area (Å²) in [6.07, 6.45) is 0. The average Bonchev–Trinajstić information content (AvgIpc) is 2.44. The molecule has 0 spiro atoms. The Morgan fingerprint density at radius 1 is 1.13 bits per heavy atom. The zero-order valence-electron chi connectivity index (χ0n) is 13.0. The van der Waals surface area contributed by atoms with E-state index in [1.807, 2.05) is 6.92 Å². The minimum Gasteiger partial charge on any atom is -0.508 e. The summed E-state index contributed by atoms with van der Waals surface area (Å²) in [5.74, 6) is 0.421. The minimum atomic E-state index is -3.81. The van der Waals surface area contributed by atoms with E-state index in [0.29, 0.717) is 16.3 Å². The lowest BCUT2D eigenvalue weighted by atomic mass is 10.1. The number of hydrogen-bond donors (Lipinski definition) is 2. The Hall–Kier alpha value is -2.05. The molecule has 7 heteroatoms. The molecule has 0 saturated heterocycles. The Morgan fingerprint density at radius 3 is 2.35 bits per heavy atom. The van der Waals surface area contributed by atoms with E-state index in [2.05, 4.69) is 9.71 Å². The van der Waals surface area contributed by atoms with Crippen molar-refractivity contribution in [3.63, 3.8) is 0 Å². The highest BCUT2D eigenvalue weighted by Gasteiger charge is 2.13. The van der Waals surface area contributed by atoms with Gasteiger partial charge >= 0.3 is 0 Å². The van der Waals surface area contributed by atoms with Crippen LogP contribution in [-0.4, -0.2) is 19.4 Å². The predicted octanol–water partition coefficient (Wildman–Crippen LogP) is 3.88. The van der Waals surface area contributed by atoms with E-state index < -0.39 is 10.0 Å². The van der Waals surface area contributed by atoms with Gasteiger partial charge in [-0.1, -0.05) is 11.6 Å². The van der Waals surface area contributed by atoms with Crippen molar-refractivity contribution in [2.24, 2.45) is 4.40 Å². The molecule has 2 aromatic rings. The van der Waals surface area contributed by atoms with Gasteiger partial charge in [-0.05, 0) is 68.3 Å². The molecule has 0 saturated carbocycles. The molecule has 0 fully saturated rings. The summed E-state index contributed by atoms with van der Waals surface area (Å²) in [6, 6.07) is 9.16. The second kappa shape index (κ2) is 6.60. The zero-order chi connectivity index (χ0) is 17.2. The molecule has 0 aliphatic rings. The van der Waals surface area contributed by atoms with Crippen molar-refractivity contribution in [1.82, 2.24) is 0 Å². The van der Waals surface area contributed by atoms with E-state index in [0.717, 1.165) is 5.56 Å². The Morgan fingerprint density at radius 2 is 1.74 bits per heavy atom. The summed E-state index contributed by atoms with van der Waals surface area (Å²) >= 11 is 5.76. The number of phenols is 1. The van der Waals surface area contributed by atoms with Crippen LogP contribution in [0.1, 0.15) is 18.1 Å². The largest absolute Gasteiger partial charge is 0.508 e. The van der Waals surface area contributed by atoms with Crippen LogP contribution >= 0.6 is 11.6 Å². The molecule has 5 nitrogen and oxygen atoms in total. The number of benzene rings is 2. The van der Waals surface area contributed by atoms with Gasteiger partial charge in [-0.3, -0.25) is 0 Å². The van der Waals surface area contributed by atoms with Crippen LogP contribution in [0.3, 0.4) is 0 Å². The predicted molar refractivity (Wildman–Crippen MR) is 93.0 cm³/mol. The van der Waals surface area contributed by atoms with Crippen molar-refractivity contribution in [2.45, 2.75) is 25.7 Å². The molecule has 23 heavy (non-hydrogen) atoms. The molecular formula is C16H17ClN2O3S. The first-order valence-corrected chi connectivity index (χ1v) is 8.65. The smallest absolute Gasteiger partial charge is 0.283 e. The highest BCUT2D eigenvalue weighted by molar-refractivity contribution is 7.90. The minimum absolute atomic E-state index is 0.0710. The number of nitrogens with one attached hydrogen (secondary N) is 1. The van der Waals surface area contributed by atoms with Crippen LogP contribution in [0.25, 0.3) is 0 Å². The fraction of sp³-hybridized carbons (Fsp3) is 0.188. The van der Waals surface area contributed by atoms with Crippen LogP contribution in [0, 0.1) is 13.8 Å². The van der Waals surface area contributed by atoms with Crippen LogP contribution in [0.5, 0.6) is 5.75 Å². The highest BCUT2D eigenvalue weighted by atomic mass is 35.5. The number of sulfonamides is 1. The van der Waals surface area contributed by atoms with Gasteiger partial charge in [-0.25, -0.2) is 0 Å². The van der Waals surface area contributed by atoms with E-state index in [-0.39, 0.29) is 16.5 Å². The Kier molecular flexibility index (Phi) is 4.97. The van der Waals surface area contributed by atoms with Crippen LogP contribution in [0.4, 0.5) is 5.69 Å². The van der Waals surface area contributed by atoms with E-state index in [1.165, 1.54) is 24.3 Å². The number of aryl methyl sites for hydroxylation is 2. The van der Waals surface area contributed by atoms with Gasteiger partial charge in [-0.15, -0.1) is 4.40 Å². The second-order valence-corrected chi connectivity index (χ2v) is 7.22. The standard InChI is InChI=1S/C16H17ClN2O3S/c1-10-9-16(20)11(2)8-15(10)18-12(3)19-23(21,22)14-6-4-13(17)5-7-14/h4-9,20H,1-3H3,(H,18,19). The maximum Gasteiger partial charge on any atom is 0.283 e. The lowest BCUT2D eigenvalue weighted by Crippen LogP contribution is -2.12. The summed E-state index contributed by atoms with van der Waals surface area (Å²) < 4.78 is 28.2. The number of hydrogen-bond acceptors (Lipinski definition) is 3. The molecule has 2 aromatic carbocycles. The third kappa shape index (κ3) is 4.24. The molecule has 0 radical (unpaired) electrons. The third-order valence-electron chi connectivity index (χ3n) is 3.23. The summed E-state index contributed by atoms with van der Waals surface area (Å²) in [5, 5.41) is 13.1. The number of aromatic hydroxyl groups is 1. The Balaban J connectivity index is 2.29. The van der Waals surface area contributed by atoms with Gasteiger partial charge in [0, 0.05) is 10.7 Å².